The summed E-state index contributed by atoms with van der Waals surface area (Å²) in [6, 6.07) is 0. The third-order valence-corrected chi connectivity index (χ3v) is 1.62. The first-order valence-electron chi connectivity index (χ1n) is 3.45. The Hall–Kier alpha value is -0.860. The minimum absolute atomic E-state index is 0.0718. The molecule has 0 aromatic heterocycles. The second kappa shape index (κ2) is 4.04. The molecule has 0 atom stereocenters. The largest absolute Gasteiger partial charge is 0.477 e. The average molecular weight is 143 g/mol. The van der Waals surface area contributed by atoms with Crippen molar-refractivity contribution in [3.8, 4) is 0 Å². The first kappa shape index (κ1) is 9.14. The second-order valence-electron chi connectivity index (χ2n) is 2.23. The number of hydrogen-bond acceptors (Lipinski definition) is 2. The molecule has 10 heavy (non-hydrogen) atoms. The van der Waals surface area contributed by atoms with E-state index >= 15 is 0 Å². The standard InChI is InChI=1S/C7H13NO2/c1-3-5(4-2)6(8)7(9)10/h5,8H,3-4H2,1-2H3,(H,9,10). The lowest BCUT2D eigenvalue weighted by Crippen LogP contribution is -2.21. The summed E-state index contributed by atoms with van der Waals surface area (Å²) in [7, 11) is 0. The molecule has 0 fully saturated rings. The van der Waals surface area contributed by atoms with Gasteiger partial charge in [-0.2, -0.15) is 0 Å². The van der Waals surface area contributed by atoms with Crippen molar-refractivity contribution in [2.75, 3.05) is 0 Å². The van der Waals surface area contributed by atoms with Crippen molar-refractivity contribution in [3.63, 3.8) is 0 Å². The van der Waals surface area contributed by atoms with Crippen LogP contribution in [0.2, 0.25) is 0 Å². The first-order valence-corrected chi connectivity index (χ1v) is 3.45. The highest BCUT2D eigenvalue weighted by atomic mass is 16.4. The molecule has 58 valence electrons. The Morgan fingerprint density at radius 2 is 1.90 bits per heavy atom. The van der Waals surface area contributed by atoms with Gasteiger partial charge >= 0.3 is 5.97 Å². The number of aliphatic carboxylic acids is 1. The Labute approximate surface area is 60.6 Å². The maximum absolute atomic E-state index is 10.2. The number of nitrogens with one attached hydrogen (secondary N) is 1. The molecular weight excluding hydrogens is 130 g/mol. The maximum Gasteiger partial charge on any atom is 0.349 e. The van der Waals surface area contributed by atoms with Crippen LogP contribution in [-0.2, 0) is 4.79 Å². The van der Waals surface area contributed by atoms with Crippen LogP contribution in [0, 0.1) is 11.3 Å². The van der Waals surface area contributed by atoms with Crippen molar-refractivity contribution in [1.29, 1.82) is 5.41 Å². The fourth-order valence-electron chi connectivity index (χ4n) is 0.872. The second-order valence-corrected chi connectivity index (χ2v) is 2.23. The van der Waals surface area contributed by atoms with Crippen LogP contribution >= 0.6 is 0 Å². The summed E-state index contributed by atoms with van der Waals surface area (Å²) in [5.41, 5.74) is -0.162. The lowest BCUT2D eigenvalue weighted by atomic mass is 9.98. The molecular formula is C7H13NO2. The van der Waals surface area contributed by atoms with E-state index in [1.807, 2.05) is 13.8 Å². The van der Waals surface area contributed by atoms with E-state index in [0.717, 1.165) is 12.8 Å². The van der Waals surface area contributed by atoms with E-state index in [1.54, 1.807) is 0 Å². The summed E-state index contributed by atoms with van der Waals surface area (Å²) in [6.45, 7) is 3.79. The van der Waals surface area contributed by atoms with Crippen molar-refractivity contribution in [3.05, 3.63) is 0 Å². The van der Waals surface area contributed by atoms with E-state index in [0.29, 0.717) is 0 Å². The zero-order chi connectivity index (χ0) is 8.15. The lowest BCUT2D eigenvalue weighted by molar-refractivity contribution is -0.129. The van der Waals surface area contributed by atoms with Crippen molar-refractivity contribution in [2.45, 2.75) is 26.7 Å². The third-order valence-electron chi connectivity index (χ3n) is 1.62. The highest BCUT2D eigenvalue weighted by Crippen LogP contribution is 2.08. The molecule has 0 aromatic carbocycles. The summed E-state index contributed by atoms with van der Waals surface area (Å²) in [6.07, 6.45) is 1.48. The van der Waals surface area contributed by atoms with Gasteiger partial charge in [0.15, 0.2) is 0 Å². The van der Waals surface area contributed by atoms with Crippen molar-refractivity contribution in [1.82, 2.24) is 0 Å². The SMILES string of the molecule is CCC(CC)C(=N)C(=O)O. The number of carboxylic acids is 1. The van der Waals surface area contributed by atoms with Crippen molar-refractivity contribution >= 4 is 11.7 Å². The van der Waals surface area contributed by atoms with Crippen LogP contribution in [0.25, 0.3) is 0 Å². The average Bonchev–Trinajstić information content (AvgIpc) is 1.90. The van der Waals surface area contributed by atoms with Crippen molar-refractivity contribution in [2.24, 2.45) is 5.92 Å². The van der Waals surface area contributed by atoms with Gasteiger partial charge in [-0.05, 0) is 12.8 Å². The van der Waals surface area contributed by atoms with Gasteiger partial charge in [0.25, 0.3) is 0 Å². The first-order chi connectivity index (χ1) is 4.63. The number of rotatable bonds is 4. The molecule has 0 aliphatic heterocycles. The molecule has 0 heterocycles. The Morgan fingerprint density at radius 1 is 1.50 bits per heavy atom. The van der Waals surface area contributed by atoms with Gasteiger partial charge in [-0.1, -0.05) is 13.8 Å². The van der Waals surface area contributed by atoms with E-state index in [2.05, 4.69) is 0 Å². The predicted octanol–water partition coefficient (Wildman–Crippen LogP) is 1.53. The van der Waals surface area contributed by atoms with Gasteiger partial charge in [-0.25, -0.2) is 4.79 Å². The summed E-state index contributed by atoms with van der Waals surface area (Å²) < 4.78 is 0. The van der Waals surface area contributed by atoms with E-state index in [-0.39, 0.29) is 11.6 Å². The molecule has 0 aromatic rings. The van der Waals surface area contributed by atoms with Crippen LogP contribution in [0.15, 0.2) is 0 Å². The van der Waals surface area contributed by atoms with Gasteiger partial charge in [0.05, 0.1) is 0 Å². The summed E-state index contributed by atoms with van der Waals surface area (Å²) in [4.78, 5) is 10.2. The van der Waals surface area contributed by atoms with E-state index < -0.39 is 5.97 Å². The molecule has 0 aliphatic rings. The monoisotopic (exact) mass is 143 g/mol. The summed E-state index contributed by atoms with van der Waals surface area (Å²) in [5, 5.41) is 15.5. The van der Waals surface area contributed by atoms with E-state index in [4.69, 9.17) is 10.5 Å². The molecule has 0 bridgehead atoms. The van der Waals surface area contributed by atoms with Crippen LogP contribution < -0.4 is 0 Å². The van der Waals surface area contributed by atoms with Crippen LogP contribution in [0.5, 0.6) is 0 Å². The molecule has 0 rings (SSSR count). The number of carbonyl (C=O) groups is 1. The van der Waals surface area contributed by atoms with Gasteiger partial charge in [0, 0.05) is 5.92 Å². The molecule has 0 radical (unpaired) electrons. The molecule has 2 N–H and O–H groups in total. The Balaban J connectivity index is 4.02. The zero-order valence-electron chi connectivity index (χ0n) is 6.35. The van der Waals surface area contributed by atoms with Crippen molar-refractivity contribution < 1.29 is 9.90 Å². The predicted molar refractivity (Wildman–Crippen MR) is 39.4 cm³/mol. The summed E-state index contributed by atoms with van der Waals surface area (Å²) >= 11 is 0. The van der Waals surface area contributed by atoms with Crippen LogP contribution in [0.3, 0.4) is 0 Å². The third kappa shape index (κ3) is 2.17. The van der Waals surface area contributed by atoms with E-state index in [9.17, 15) is 4.79 Å². The van der Waals surface area contributed by atoms with Gasteiger partial charge in [-0.3, -0.25) is 5.41 Å². The van der Waals surface area contributed by atoms with Crippen LogP contribution in [0.1, 0.15) is 26.7 Å². The fraction of sp³-hybridized carbons (Fsp3) is 0.714. The molecule has 0 unspecified atom stereocenters. The highest BCUT2D eigenvalue weighted by molar-refractivity contribution is 6.34. The lowest BCUT2D eigenvalue weighted by Gasteiger charge is -2.08. The molecule has 0 spiro atoms. The number of hydrogen-bond donors (Lipinski definition) is 2. The van der Waals surface area contributed by atoms with Gasteiger partial charge in [0.2, 0.25) is 0 Å². The number of carboxylic acid groups (broad SMARTS) is 1. The normalized spacial score (nSPS) is 9.90. The minimum atomic E-state index is -1.09. The molecule has 3 heteroatoms. The van der Waals surface area contributed by atoms with Gasteiger partial charge in [-0.15, -0.1) is 0 Å². The Morgan fingerprint density at radius 3 is 2.00 bits per heavy atom. The molecule has 0 saturated heterocycles. The minimum Gasteiger partial charge on any atom is -0.477 e. The van der Waals surface area contributed by atoms with Gasteiger partial charge in [0.1, 0.15) is 5.71 Å². The molecule has 0 saturated carbocycles. The maximum atomic E-state index is 10.2. The zero-order valence-corrected chi connectivity index (χ0v) is 6.35. The molecule has 0 amide bonds. The quantitative estimate of drug-likeness (QED) is 0.586. The summed E-state index contributed by atoms with van der Waals surface area (Å²) in [5.74, 6) is -1.16. The molecule has 3 nitrogen and oxygen atoms in total. The highest BCUT2D eigenvalue weighted by Gasteiger charge is 2.16. The Kier molecular flexibility index (Phi) is 3.69. The van der Waals surface area contributed by atoms with E-state index in [1.165, 1.54) is 0 Å². The fourth-order valence-corrected chi connectivity index (χ4v) is 0.872. The topological polar surface area (TPSA) is 61.2 Å². The Bertz CT molecular complexity index is 139. The van der Waals surface area contributed by atoms with Crippen LogP contribution in [-0.4, -0.2) is 16.8 Å². The van der Waals surface area contributed by atoms with Crippen LogP contribution in [0.4, 0.5) is 0 Å². The smallest absolute Gasteiger partial charge is 0.349 e. The van der Waals surface area contributed by atoms with Gasteiger partial charge < -0.3 is 5.11 Å². The molecule has 0 aliphatic carbocycles.